The smallest absolute Gasteiger partial charge is 0.205 e. The third-order valence-electron chi connectivity index (χ3n) is 2.84. The van der Waals surface area contributed by atoms with Gasteiger partial charge in [-0.2, -0.15) is 0 Å². The molecule has 1 N–H and O–H groups in total. The van der Waals surface area contributed by atoms with Crippen molar-refractivity contribution >= 4 is 32.4 Å². The molecular weight excluding hydrogens is 286 g/mol. The molecule has 0 radical (unpaired) electrons. The van der Waals surface area contributed by atoms with E-state index in [1.165, 1.54) is 11.1 Å². The molecule has 1 aliphatic carbocycles. The van der Waals surface area contributed by atoms with Gasteiger partial charge in [0.1, 0.15) is 5.51 Å². The van der Waals surface area contributed by atoms with Crippen molar-refractivity contribution in [3.05, 3.63) is 39.3 Å². The largest absolute Gasteiger partial charge is 0.353 e. The van der Waals surface area contributed by atoms with Crippen LogP contribution in [0, 0.1) is 0 Å². The number of hydrogen-bond donors (Lipinski definition) is 1. The number of aromatic nitrogens is 2. The van der Waals surface area contributed by atoms with Gasteiger partial charge in [0.2, 0.25) is 5.13 Å². The van der Waals surface area contributed by atoms with E-state index >= 15 is 0 Å². The highest BCUT2D eigenvalue weighted by Gasteiger charge is 2.22. The standard InChI is InChI=1S/C11H10BrN3S/c12-8-2-3-9-7(5-8)1-4-10(9)14-11-15-13-6-16-11/h2-3,5-6,10H,1,4H2,(H,14,15). The van der Waals surface area contributed by atoms with E-state index in [0.29, 0.717) is 6.04 Å². The number of fused-ring (bicyclic) bond motifs is 1. The molecule has 1 aliphatic rings. The van der Waals surface area contributed by atoms with Gasteiger partial charge < -0.3 is 5.32 Å². The summed E-state index contributed by atoms with van der Waals surface area (Å²) in [6.07, 6.45) is 2.26. The molecule has 3 rings (SSSR count). The third-order valence-corrected chi connectivity index (χ3v) is 3.96. The summed E-state index contributed by atoms with van der Waals surface area (Å²) in [6, 6.07) is 6.87. The predicted molar refractivity (Wildman–Crippen MR) is 68.7 cm³/mol. The maximum Gasteiger partial charge on any atom is 0.205 e. The molecule has 0 bridgehead atoms. The first-order valence-electron chi connectivity index (χ1n) is 5.14. The Morgan fingerprint density at radius 2 is 2.38 bits per heavy atom. The molecular formula is C11H10BrN3S. The Balaban J connectivity index is 1.86. The van der Waals surface area contributed by atoms with Crippen LogP contribution in [0.2, 0.25) is 0 Å². The molecule has 1 atom stereocenters. The van der Waals surface area contributed by atoms with Crippen LogP contribution in [0.3, 0.4) is 0 Å². The SMILES string of the molecule is Brc1ccc2c(c1)CCC2Nc1nncs1. The fourth-order valence-corrected chi connectivity index (χ4v) is 3.03. The zero-order chi connectivity index (χ0) is 11.0. The third kappa shape index (κ3) is 1.85. The molecule has 1 heterocycles. The Labute approximate surface area is 106 Å². The van der Waals surface area contributed by atoms with E-state index in [1.807, 2.05) is 0 Å². The number of anilines is 1. The van der Waals surface area contributed by atoms with Gasteiger partial charge in [0.05, 0.1) is 6.04 Å². The summed E-state index contributed by atoms with van der Waals surface area (Å²) >= 11 is 5.05. The Hall–Kier alpha value is -0.940. The topological polar surface area (TPSA) is 37.8 Å². The normalized spacial score (nSPS) is 18.4. The van der Waals surface area contributed by atoms with Crippen LogP contribution in [0.1, 0.15) is 23.6 Å². The number of benzene rings is 1. The fourth-order valence-electron chi connectivity index (χ4n) is 2.12. The van der Waals surface area contributed by atoms with Crippen molar-refractivity contribution < 1.29 is 0 Å². The summed E-state index contributed by atoms with van der Waals surface area (Å²) in [6.45, 7) is 0. The van der Waals surface area contributed by atoms with Crippen LogP contribution in [0.25, 0.3) is 0 Å². The summed E-state index contributed by atoms with van der Waals surface area (Å²) < 4.78 is 1.16. The van der Waals surface area contributed by atoms with E-state index < -0.39 is 0 Å². The van der Waals surface area contributed by atoms with Crippen molar-refractivity contribution in [3.63, 3.8) is 0 Å². The minimum Gasteiger partial charge on any atom is -0.353 e. The van der Waals surface area contributed by atoms with Crippen LogP contribution < -0.4 is 5.32 Å². The lowest BCUT2D eigenvalue weighted by Crippen LogP contribution is -2.06. The van der Waals surface area contributed by atoms with Crippen molar-refractivity contribution in [2.75, 3.05) is 5.32 Å². The summed E-state index contributed by atoms with van der Waals surface area (Å²) in [4.78, 5) is 0. The molecule has 3 nitrogen and oxygen atoms in total. The number of hydrogen-bond acceptors (Lipinski definition) is 4. The first-order valence-corrected chi connectivity index (χ1v) is 6.81. The number of nitrogens with one attached hydrogen (secondary N) is 1. The van der Waals surface area contributed by atoms with Gasteiger partial charge in [0, 0.05) is 4.47 Å². The molecule has 1 aromatic heterocycles. The van der Waals surface area contributed by atoms with Crippen LogP contribution in [0.15, 0.2) is 28.2 Å². The van der Waals surface area contributed by atoms with Crippen LogP contribution in [-0.4, -0.2) is 10.2 Å². The molecule has 0 saturated heterocycles. The van der Waals surface area contributed by atoms with Gasteiger partial charge in [-0.1, -0.05) is 33.3 Å². The van der Waals surface area contributed by atoms with Gasteiger partial charge in [-0.25, -0.2) is 0 Å². The monoisotopic (exact) mass is 295 g/mol. The molecule has 5 heteroatoms. The van der Waals surface area contributed by atoms with Gasteiger partial charge in [0.15, 0.2) is 0 Å². The number of halogens is 1. The van der Waals surface area contributed by atoms with Gasteiger partial charge in [0.25, 0.3) is 0 Å². The first-order chi connectivity index (χ1) is 7.83. The average molecular weight is 296 g/mol. The Morgan fingerprint density at radius 3 is 3.19 bits per heavy atom. The van der Waals surface area contributed by atoms with E-state index in [1.54, 1.807) is 16.8 Å². The number of rotatable bonds is 2. The molecule has 0 saturated carbocycles. The molecule has 0 fully saturated rings. The highest BCUT2D eigenvalue weighted by atomic mass is 79.9. The molecule has 0 amide bonds. The maximum absolute atomic E-state index is 4.02. The van der Waals surface area contributed by atoms with Gasteiger partial charge in [-0.3, -0.25) is 0 Å². The van der Waals surface area contributed by atoms with E-state index in [-0.39, 0.29) is 0 Å². The zero-order valence-electron chi connectivity index (χ0n) is 8.48. The van der Waals surface area contributed by atoms with E-state index in [0.717, 1.165) is 22.4 Å². The molecule has 0 spiro atoms. The first kappa shape index (κ1) is 10.2. The summed E-state index contributed by atoms with van der Waals surface area (Å²) in [7, 11) is 0. The Morgan fingerprint density at radius 1 is 1.44 bits per heavy atom. The molecule has 82 valence electrons. The lowest BCUT2D eigenvalue weighted by atomic mass is 10.1. The van der Waals surface area contributed by atoms with E-state index in [4.69, 9.17) is 0 Å². The minimum absolute atomic E-state index is 0.385. The van der Waals surface area contributed by atoms with Crippen molar-refractivity contribution in [1.82, 2.24) is 10.2 Å². The highest BCUT2D eigenvalue weighted by molar-refractivity contribution is 9.10. The average Bonchev–Trinajstić information content (AvgIpc) is 2.89. The van der Waals surface area contributed by atoms with Crippen molar-refractivity contribution in [3.8, 4) is 0 Å². The molecule has 1 unspecified atom stereocenters. The molecule has 2 aromatic rings. The fraction of sp³-hybridized carbons (Fsp3) is 0.273. The van der Waals surface area contributed by atoms with E-state index in [9.17, 15) is 0 Å². The number of aryl methyl sites for hydroxylation is 1. The Kier molecular flexibility index (Phi) is 2.65. The van der Waals surface area contributed by atoms with Gasteiger partial charge in [-0.15, -0.1) is 10.2 Å². The van der Waals surface area contributed by atoms with Crippen LogP contribution in [-0.2, 0) is 6.42 Å². The lowest BCUT2D eigenvalue weighted by Gasteiger charge is -2.12. The summed E-state index contributed by atoms with van der Waals surface area (Å²) in [5.41, 5.74) is 4.56. The molecule has 1 aromatic carbocycles. The molecule has 16 heavy (non-hydrogen) atoms. The summed E-state index contributed by atoms with van der Waals surface area (Å²) in [5, 5.41) is 12.2. The van der Waals surface area contributed by atoms with Gasteiger partial charge in [-0.05, 0) is 36.1 Å². The van der Waals surface area contributed by atoms with Gasteiger partial charge >= 0.3 is 0 Å². The van der Waals surface area contributed by atoms with Crippen LogP contribution >= 0.6 is 27.3 Å². The van der Waals surface area contributed by atoms with Crippen molar-refractivity contribution in [1.29, 1.82) is 0 Å². The quantitative estimate of drug-likeness (QED) is 0.923. The second-order valence-corrected chi connectivity index (χ2v) is 5.57. The van der Waals surface area contributed by atoms with Crippen molar-refractivity contribution in [2.24, 2.45) is 0 Å². The van der Waals surface area contributed by atoms with Crippen LogP contribution in [0.5, 0.6) is 0 Å². The van der Waals surface area contributed by atoms with Crippen molar-refractivity contribution in [2.45, 2.75) is 18.9 Å². The minimum atomic E-state index is 0.385. The second-order valence-electron chi connectivity index (χ2n) is 3.82. The maximum atomic E-state index is 4.02. The van der Waals surface area contributed by atoms with Crippen LogP contribution in [0.4, 0.5) is 5.13 Å². The second kappa shape index (κ2) is 4.14. The highest BCUT2D eigenvalue weighted by Crippen LogP contribution is 2.35. The predicted octanol–water partition coefficient (Wildman–Crippen LogP) is 3.40. The van der Waals surface area contributed by atoms with E-state index in [2.05, 4.69) is 49.6 Å². The number of nitrogens with zero attached hydrogens (tertiary/aromatic N) is 2. The molecule has 0 aliphatic heterocycles. The summed E-state index contributed by atoms with van der Waals surface area (Å²) in [5.74, 6) is 0. The zero-order valence-corrected chi connectivity index (χ0v) is 10.9. The lowest BCUT2D eigenvalue weighted by molar-refractivity contribution is 0.758. The Bertz CT molecular complexity index is 498.